The van der Waals surface area contributed by atoms with Gasteiger partial charge >= 0.3 is 0 Å². The molecule has 0 aromatic carbocycles. The number of ether oxygens (including phenoxy) is 1. The van der Waals surface area contributed by atoms with Crippen molar-refractivity contribution in [3.8, 4) is 0 Å². The number of aromatic amines is 1. The number of H-pyrrole nitrogens is 1. The third-order valence-corrected chi connectivity index (χ3v) is 6.24. The van der Waals surface area contributed by atoms with Crippen LogP contribution in [0.1, 0.15) is 23.3 Å². The monoisotopic (exact) mass is 398 g/mol. The molecule has 1 aliphatic heterocycles. The normalized spacial score (nSPS) is 31.0. The summed E-state index contributed by atoms with van der Waals surface area (Å²) in [6.07, 6.45) is -2.50. The first-order chi connectivity index (χ1) is 13.0. The van der Waals surface area contributed by atoms with Crippen molar-refractivity contribution in [2.24, 2.45) is 0 Å². The molecule has 0 bridgehead atoms. The molecule has 0 unspecified atom stereocenters. The number of aryl methyl sites for hydroxylation is 2. The van der Waals surface area contributed by atoms with Crippen LogP contribution in [0.2, 0.25) is 0 Å². The molecule has 1 saturated heterocycles. The van der Waals surface area contributed by atoms with E-state index in [4.69, 9.17) is 4.74 Å². The molecule has 1 fully saturated rings. The number of hydrogen-bond donors (Lipinski definition) is 7. The van der Waals surface area contributed by atoms with Crippen LogP contribution in [0.5, 0.6) is 0 Å². The molecular weight excluding hydrogens is 376 g/mol. The molecule has 1 aliphatic carbocycles. The molecule has 2 aromatic rings. The minimum atomic E-state index is -1.49. The second-order valence-corrected chi connectivity index (χ2v) is 7.91. The molecule has 11 heteroatoms. The minimum Gasteiger partial charge on any atom is -0.394 e. The van der Waals surface area contributed by atoms with Crippen LogP contribution >= 0.6 is 11.3 Å². The van der Waals surface area contributed by atoms with Crippen molar-refractivity contribution in [2.45, 2.75) is 56.3 Å². The first kappa shape index (κ1) is 18.7. The average molecular weight is 398 g/mol. The Balaban J connectivity index is 1.53. The Morgan fingerprint density at radius 2 is 1.96 bits per heavy atom. The number of hydrazine groups is 1. The van der Waals surface area contributed by atoms with Crippen molar-refractivity contribution in [1.29, 1.82) is 0 Å². The van der Waals surface area contributed by atoms with Crippen molar-refractivity contribution >= 4 is 27.5 Å². The fraction of sp³-hybridized carbons (Fsp3) is 0.625. The largest absolute Gasteiger partial charge is 0.394 e. The summed E-state index contributed by atoms with van der Waals surface area (Å²) >= 11 is 1.51. The Labute approximate surface area is 157 Å². The fourth-order valence-electron chi connectivity index (χ4n) is 3.58. The molecule has 0 amide bonds. The molecule has 7 N–H and O–H groups in total. The zero-order valence-corrected chi connectivity index (χ0v) is 15.2. The van der Waals surface area contributed by atoms with Gasteiger partial charge in [-0.3, -0.25) is 15.2 Å². The number of anilines is 1. The Bertz CT molecular complexity index is 884. The van der Waals surface area contributed by atoms with E-state index >= 15 is 0 Å². The van der Waals surface area contributed by atoms with Crippen LogP contribution in [0.4, 0.5) is 5.95 Å². The molecule has 0 spiro atoms. The van der Waals surface area contributed by atoms with Gasteiger partial charge in [0.25, 0.3) is 5.56 Å². The molecule has 148 valence electrons. The summed E-state index contributed by atoms with van der Waals surface area (Å²) < 4.78 is 5.34. The van der Waals surface area contributed by atoms with E-state index in [0.29, 0.717) is 10.2 Å². The fourth-order valence-corrected chi connectivity index (χ4v) is 4.85. The number of thiophene rings is 1. The maximum atomic E-state index is 12.5. The van der Waals surface area contributed by atoms with E-state index < -0.39 is 37.3 Å². The molecular formula is C16H22N4O6S. The quantitative estimate of drug-likeness (QED) is 0.307. The van der Waals surface area contributed by atoms with Gasteiger partial charge in [-0.2, -0.15) is 0 Å². The summed E-state index contributed by atoms with van der Waals surface area (Å²) in [5.74, 6) is 0.142. The molecule has 3 heterocycles. The van der Waals surface area contributed by atoms with Crippen LogP contribution in [0.25, 0.3) is 10.2 Å². The highest BCUT2D eigenvalue weighted by Crippen LogP contribution is 2.33. The van der Waals surface area contributed by atoms with Crippen LogP contribution in [0, 0.1) is 0 Å². The Morgan fingerprint density at radius 3 is 2.74 bits per heavy atom. The lowest BCUT2D eigenvalue weighted by Gasteiger charge is -2.40. The third-order valence-electron chi connectivity index (χ3n) is 5.05. The summed E-state index contributed by atoms with van der Waals surface area (Å²) in [6.45, 7) is -0.523. The molecule has 0 radical (unpaired) electrons. The Hall–Kier alpha value is -1.60. The lowest BCUT2D eigenvalue weighted by molar-refractivity contribution is -0.235. The first-order valence-electron chi connectivity index (χ1n) is 8.86. The van der Waals surface area contributed by atoms with Crippen LogP contribution in [0.15, 0.2) is 4.79 Å². The Morgan fingerprint density at radius 1 is 1.19 bits per heavy atom. The lowest BCUT2D eigenvalue weighted by atomic mass is 9.97. The molecule has 27 heavy (non-hydrogen) atoms. The first-order valence-corrected chi connectivity index (χ1v) is 9.68. The van der Waals surface area contributed by atoms with Crippen LogP contribution in [-0.4, -0.2) is 67.6 Å². The highest BCUT2D eigenvalue weighted by molar-refractivity contribution is 7.18. The van der Waals surface area contributed by atoms with Crippen molar-refractivity contribution in [3.05, 3.63) is 20.8 Å². The van der Waals surface area contributed by atoms with Gasteiger partial charge in [0.15, 0.2) is 6.23 Å². The predicted octanol–water partition coefficient (Wildman–Crippen LogP) is -1.42. The molecule has 2 aliphatic rings. The van der Waals surface area contributed by atoms with Crippen LogP contribution < -0.4 is 16.4 Å². The number of nitrogens with one attached hydrogen (secondary N) is 3. The number of nitrogens with zero attached hydrogens (tertiary/aromatic N) is 1. The topological polar surface area (TPSA) is 160 Å². The van der Waals surface area contributed by atoms with E-state index in [1.807, 2.05) is 0 Å². The van der Waals surface area contributed by atoms with E-state index in [2.05, 4.69) is 20.8 Å². The second kappa shape index (κ2) is 7.43. The van der Waals surface area contributed by atoms with Crippen molar-refractivity contribution in [2.75, 3.05) is 12.0 Å². The van der Waals surface area contributed by atoms with E-state index in [1.54, 1.807) is 0 Å². The molecule has 0 saturated carbocycles. The number of rotatable bonds is 4. The summed E-state index contributed by atoms with van der Waals surface area (Å²) in [5.41, 5.74) is 6.14. The average Bonchev–Trinajstić information content (AvgIpc) is 3.04. The molecule has 2 aromatic heterocycles. The van der Waals surface area contributed by atoms with Gasteiger partial charge in [-0.1, -0.05) is 0 Å². The molecule has 5 atom stereocenters. The van der Waals surface area contributed by atoms with E-state index in [0.717, 1.165) is 31.2 Å². The van der Waals surface area contributed by atoms with Gasteiger partial charge in [-0.05, 0) is 31.2 Å². The highest BCUT2D eigenvalue weighted by atomic mass is 32.1. The maximum Gasteiger partial charge on any atom is 0.261 e. The summed E-state index contributed by atoms with van der Waals surface area (Å²) in [4.78, 5) is 21.4. The Kier molecular flexibility index (Phi) is 5.16. The highest BCUT2D eigenvalue weighted by Gasteiger charge is 2.43. The summed E-state index contributed by atoms with van der Waals surface area (Å²) in [6, 6.07) is 0. The number of aromatic nitrogens is 2. The van der Waals surface area contributed by atoms with Crippen molar-refractivity contribution in [1.82, 2.24) is 15.4 Å². The van der Waals surface area contributed by atoms with Crippen LogP contribution in [0.3, 0.4) is 0 Å². The van der Waals surface area contributed by atoms with Crippen molar-refractivity contribution in [3.63, 3.8) is 0 Å². The van der Waals surface area contributed by atoms with E-state index in [9.17, 15) is 25.2 Å². The zero-order valence-electron chi connectivity index (χ0n) is 14.4. The lowest BCUT2D eigenvalue weighted by Crippen LogP contribution is -2.63. The molecule has 10 nitrogen and oxygen atoms in total. The van der Waals surface area contributed by atoms with E-state index in [1.165, 1.54) is 16.2 Å². The zero-order chi connectivity index (χ0) is 19.1. The second-order valence-electron chi connectivity index (χ2n) is 6.82. The predicted molar refractivity (Wildman–Crippen MR) is 97.4 cm³/mol. The number of aliphatic hydroxyl groups is 4. The standard InChI is InChI=1S/C16H22N4O6S/c21-5-7-10(22)11(23)12(24)14(26-7)19-20-16-17-13(25)9-6-3-1-2-4-8(6)27-15(9)18-16/h7,10-12,14,19,21-24H,1-5H2,(H2,17,18,20,25)/t7-,10-,11+,12-,14-/m1/s1. The van der Waals surface area contributed by atoms with Gasteiger partial charge in [0.2, 0.25) is 5.95 Å². The van der Waals surface area contributed by atoms with Gasteiger partial charge in [-0.15, -0.1) is 11.3 Å². The van der Waals surface area contributed by atoms with Gasteiger partial charge in [0, 0.05) is 4.88 Å². The van der Waals surface area contributed by atoms with Gasteiger partial charge in [-0.25, -0.2) is 10.4 Å². The summed E-state index contributed by atoms with van der Waals surface area (Å²) in [7, 11) is 0. The van der Waals surface area contributed by atoms with E-state index in [-0.39, 0.29) is 11.5 Å². The molecule has 4 rings (SSSR count). The van der Waals surface area contributed by atoms with Crippen LogP contribution in [-0.2, 0) is 17.6 Å². The van der Waals surface area contributed by atoms with Crippen molar-refractivity contribution < 1.29 is 25.2 Å². The maximum absolute atomic E-state index is 12.5. The summed E-state index contributed by atoms with van der Waals surface area (Å²) in [5, 5.41) is 39.5. The minimum absolute atomic E-state index is 0.142. The van der Waals surface area contributed by atoms with Gasteiger partial charge in [0.05, 0.1) is 12.0 Å². The van der Waals surface area contributed by atoms with Gasteiger partial charge < -0.3 is 25.2 Å². The SMILES string of the molecule is O=c1[nH]c(NN[C@@H]2O[C@H](CO)[C@@H](O)[C@H](O)[C@H]2O)nc2sc3c(c12)CCCC3. The number of hydrogen-bond acceptors (Lipinski definition) is 10. The smallest absolute Gasteiger partial charge is 0.261 e. The van der Waals surface area contributed by atoms with Gasteiger partial charge in [0.1, 0.15) is 29.2 Å². The number of aliphatic hydroxyl groups excluding tert-OH is 4. The third kappa shape index (κ3) is 3.36. The number of fused-ring (bicyclic) bond motifs is 3.